The number of H-pyrrole nitrogens is 1. The molecule has 80 valence electrons. The molecule has 0 atom stereocenters. The molecule has 2 aromatic rings. The molecular weight excluding hydrogens is 202 g/mol. The maximum Gasteiger partial charge on any atom is 0.348 e. The fourth-order valence-corrected chi connectivity index (χ4v) is 1.67. The van der Waals surface area contributed by atoms with E-state index in [0.29, 0.717) is 11.7 Å². The van der Waals surface area contributed by atoms with E-state index in [4.69, 9.17) is 0 Å². The predicted molar refractivity (Wildman–Crippen MR) is 60.1 cm³/mol. The number of benzene rings is 1. The van der Waals surface area contributed by atoms with E-state index >= 15 is 0 Å². The average molecular weight is 213 g/mol. The molecule has 4 heteroatoms. The molecule has 0 bridgehead atoms. The van der Waals surface area contributed by atoms with Crippen molar-refractivity contribution in [3.63, 3.8) is 0 Å². The highest BCUT2D eigenvalue weighted by Gasteiger charge is 2.26. The molecule has 3 rings (SSSR count). The van der Waals surface area contributed by atoms with Crippen LogP contribution in [0.4, 0.5) is 0 Å². The number of hydrogen-bond acceptors (Lipinski definition) is 3. The van der Waals surface area contributed by atoms with E-state index in [-0.39, 0.29) is 5.69 Å². The van der Waals surface area contributed by atoms with Gasteiger partial charge in [0.15, 0.2) is 5.82 Å². The molecule has 1 heterocycles. The lowest BCUT2D eigenvalue weighted by Gasteiger charge is -2.01. The summed E-state index contributed by atoms with van der Waals surface area (Å²) in [6.07, 6.45) is 2.22. The first kappa shape index (κ1) is 9.27. The molecular formula is C12H11N3O. The molecule has 1 N–H and O–H groups in total. The lowest BCUT2D eigenvalue weighted by Crippen LogP contribution is -2.15. The van der Waals surface area contributed by atoms with E-state index in [9.17, 15) is 4.79 Å². The van der Waals surface area contributed by atoms with Crippen LogP contribution in [0.1, 0.15) is 24.6 Å². The van der Waals surface area contributed by atoms with Gasteiger partial charge in [-0.25, -0.2) is 9.78 Å². The van der Waals surface area contributed by atoms with Crippen LogP contribution in [0.25, 0.3) is 11.4 Å². The Hall–Kier alpha value is -1.97. The molecule has 1 saturated carbocycles. The molecule has 4 nitrogen and oxygen atoms in total. The molecule has 1 aliphatic carbocycles. The summed E-state index contributed by atoms with van der Waals surface area (Å²) in [4.78, 5) is 22.4. The first-order chi connectivity index (χ1) is 7.83. The Balaban J connectivity index is 2.10. The molecule has 0 radical (unpaired) electrons. The van der Waals surface area contributed by atoms with Crippen LogP contribution >= 0.6 is 0 Å². The third kappa shape index (κ3) is 1.74. The summed E-state index contributed by atoms with van der Waals surface area (Å²) in [6, 6.07) is 9.57. The lowest BCUT2D eigenvalue weighted by molar-refractivity contribution is 0.863. The lowest BCUT2D eigenvalue weighted by atomic mass is 10.2. The van der Waals surface area contributed by atoms with E-state index in [2.05, 4.69) is 15.0 Å². The molecule has 16 heavy (non-hydrogen) atoms. The maximum atomic E-state index is 11.4. The fraction of sp³-hybridized carbons (Fsp3) is 0.250. The topological polar surface area (TPSA) is 58.6 Å². The van der Waals surface area contributed by atoms with Crippen molar-refractivity contribution in [2.45, 2.75) is 18.8 Å². The van der Waals surface area contributed by atoms with E-state index in [0.717, 1.165) is 24.2 Å². The second kappa shape index (κ2) is 3.56. The van der Waals surface area contributed by atoms with Gasteiger partial charge in [-0.05, 0) is 12.8 Å². The molecule has 0 saturated heterocycles. The molecule has 0 aliphatic heterocycles. The average Bonchev–Trinajstić information content (AvgIpc) is 3.13. The van der Waals surface area contributed by atoms with E-state index in [1.807, 2.05) is 30.3 Å². The van der Waals surface area contributed by atoms with Crippen LogP contribution in [-0.2, 0) is 0 Å². The number of hydrogen-bond donors (Lipinski definition) is 1. The smallest absolute Gasteiger partial charge is 0.294 e. The van der Waals surface area contributed by atoms with Gasteiger partial charge in [0.25, 0.3) is 0 Å². The summed E-state index contributed by atoms with van der Waals surface area (Å²) in [5.41, 5.74) is 0.575. The van der Waals surface area contributed by atoms with Crippen LogP contribution in [0, 0.1) is 0 Å². The van der Waals surface area contributed by atoms with Crippen molar-refractivity contribution in [1.29, 1.82) is 0 Å². The Kier molecular flexibility index (Phi) is 2.06. The van der Waals surface area contributed by atoms with Gasteiger partial charge >= 0.3 is 5.69 Å². The van der Waals surface area contributed by atoms with E-state index in [1.165, 1.54) is 0 Å². The summed E-state index contributed by atoms with van der Waals surface area (Å²) < 4.78 is 0. The van der Waals surface area contributed by atoms with Gasteiger partial charge in [0, 0.05) is 11.5 Å². The van der Waals surface area contributed by atoms with Gasteiger partial charge in [0.2, 0.25) is 0 Å². The standard InChI is InChI=1S/C12H11N3O/c16-12-14-10(8-4-2-1-3-5-8)13-11(15-12)9-6-7-9/h1-5,9H,6-7H2,(H,13,14,15,16). The number of rotatable bonds is 2. The van der Waals surface area contributed by atoms with Gasteiger partial charge in [0.05, 0.1) is 0 Å². The molecule has 0 amide bonds. The first-order valence-electron chi connectivity index (χ1n) is 5.36. The Bertz CT molecular complexity index is 558. The van der Waals surface area contributed by atoms with Gasteiger partial charge in [-0.3, -0.25) is 4.98 Å². The van der Waals surface area contributed by atoms with Crippen LogP contribution in [-0.4, -0.2) is 15.0 Å². The maximum absolute atomic E-state index is 11.4. The largest absolute Gasteiger partial charge is 0.348 e. The first-order valence-corrected chi connectivity index (χ1v) is 5.36. The third-order valence-electron chi connectivity index (χ3n) is 2.66. The van der Waals surface area contributed by atoms with Crippen molar-refractivity contribution in [2.24, 2.45) is 0 Å². The number of nitrogens with zero attached hydrogens (tertiary/aromatic N) is 2. The third-order valence-corrected chi connectivity index (χ3v) is 2.66. The van der Waals surface area contributed by atoms with Crippen LogP contribution in [0.3, 0.4) is 0 Å². The van der Waals surface area contributed by atoms with Gasteiger partial charge < -0.3 is 0 Å². The Morgan fingerprint density at radius 2 is 1.88 bits per heavy atom. The minimum Gasteiger partial charge on any atom is -0.294 e. The molecule has 1 aliphatic rings. The zero-order chi connectivity index (χ0) is 11.0. The van der Waals surface area contributed by atoms with Crippen molar-refractivity contribution < 1.29 is 0 Å². The molecule has 1 aromatic heterocycles. The quantitative estimate of drug-likeness (QED) is 0.826. The van der Waals surface area contributed by atoms with E-state index in [1.54, 1.807) is 0 Å². The summed E-state index contributed by atoms with van der Waals surface area (Å²) in [7, 11) is 0. The zero-order valence-electron chi connectivity index (χ0n) is 8.68. The summed E-state index contributed by atoms with van der Waals surface area (Å²) in [5, 5.41) is 0. The van der Waals surface area contributed by atoms with Crippen molar-refractivity contribution in [3.8, 4) is 11.4 Å². The van der Waals surface area contributed by atoms with Gasteiger partial charge in [-0.2, -0.15) is 4.98 Å². The van der Waals surface area contributed by atoms with Crippen molar-refractivity contribution in [1.82, 2.24) is 15.0 Å². The summed E-state index contributed by atoms with van der Waals surface area (Å²) in [5.74, 6) is 1.73. The summed E-state index contributed by atoms with van der Waals surface area (Å²) >= 11 is 0. The number of aromatic nitrogens is 3. The van der Waals surface area contributed by atoms with Crippen LogP contribution in [0.2, 0.25) is 0 Å². The second-order valence-corrected chi connectivity index (χ2v) is 4.00. The van der Waals surface area contributed by atoms with Crippen molar-refractivity contribution in [2.75, 3.05) is 0 Å². The fourth-order valence-electron chi connectivity index (χ4n) is 1.67. The van der Waals surface area contributed by atoms with Gasteiger partial charge in [0.1, 0.15) is 5.82 Å². The highest BCUT2D eigenvalue weighted by atomic mass is 16.1. The Morgan fingerprint density at radius 1 is 1.12 bits per heavy atom. The van der Waals surface area contributed by atoms with Gasteiger partial charge in [-0.1, -0.05) is 30.3 Å². The molecule has 0 spiro atoms. The Labute approximate surface area is 92.4 Å². The molecule has 1 fully saturated rings. The van der Waals surface area contributed by atoms with Crippen LogP contribution < -0.4 is 5.69 Å². The molecule has 1 aromatic carbocycles. The number of aromatic amines is 1. The SMILES string of the molecule is O=c1nc(-c2ccccc2)nc(C2CC2)[nH]1. The Morgan fingerprint density at radius 3 is 2.56 bits per heavy atom. The zero-order valence-corrected chi connectivity index (χ0v) is 8.68. The monoisotopic (exact) mass is 213 g/mol. The van der Waals surface area contributed by atoms with Crippen LogP contribution in [0.15, 0.2) is 35.1 Å². The molecule has 0 unspecified atom stereocenters. The summed E-state index contributed by atoms with van der Waals surface area (Å²) in [6.45, 7) is 0. The minimum atomic E-state index is -0.309. The number of nitrogens with one attached hydrogen (secondary N) is 1. The highest BCUT2D eigenvalue weighted by Crippen LogP contribution is 2.37. The second-order valence-electron chi connectivity index (χ2n) is 4.00. The normalized spacial score (nSPS) is 15.0. The van der Waals surface area contributed by atoms with Crippen molar-refractivity contribution >= 4 is 0 Å². The van der Waals surface area contributed by atoms with E-state index < -0.39 is 0 Å². The van der Waals surface area contributed by atoms with Crippen molar-refractivity contribution in [3.05, 3.63) is 46.6 Å². The van der Waals surface area contributed by atoms with Gasteiger partial charge in [-0.15, -0.1) is 0 Å². The highest BCUT2D eigenvalue weighted by molar-refractivity contribution is 5.53. The minimum absolute atomic E-state index is 0.309. The predicted octanol–water partition coefficient (Wildman–Crippen LogP) is 1.71. The van der Waals surface area contributed by atoms with Crippen LogP contribution in [0.5, 0.6) is 0 Å².